The number of nitrogens with zero attached hydrogens (tertiary/aromatic N) is 2. The van der Waals surface area contributed by atoms with Crippen LogP contribution in [0.25, 0.3) is 0 Å². The molecule has 0 aliphatic carbocycles. The number of fused-ring (bicyclic) bond motifs is 1. The number of aliphatic hydroxyl groups is 1. The number of carbonyl (C=O) groups excluding carboxylic acids is 1. The summed E-state index contributed by atoms with van der Waals surface area (Å²) in [5.74, 6) is 0.0975. The van der Waals surface area contributed by atoms with Gasteiger partial charge in [0.1, 0.15) is 0 Å². The third kappa shape index (κ3) is 2.80. The van der Waals surface area contributed by atoms with Crippen LogP contribution in [-0.2, 0) is 11.2 Å². The number of hydrogen-bond acceptors (Lipinski definition) is 3. The molecular weight excluding hydrogens is 240 g/mol. The second-order valence-corrected chi connectivity index (χ2v) is 5.39. The molecule has 0 spiro atoms. The number of anilines is 1. The Bertz CT molecular complexity index is 461. The highest BCUT2D eigenvalue weighted by molar-refractivity contribution is 5.97. The second kappa shape index (κ2) is 5.72. The van der Waals surface area contributed by atoms with Crippen molar-refractivity contribution in [1.29, 1.82) is 0 Å². The van der Waals surface area contributed by atoms with Crippen LogP contribution in [0.4, 0.5) is 5.69 Å². The van der Waals surface area contributed by atoms with Crippen molar-refractivity contribution in [3.8, 4) is 0 Å². The van der Waals surface area contributed by atoms with Crippen LogP contribution in [0.3, 0.4) is 0 Å². The molecule has 0 bridgehead atoms. The fourth-order valence-electron chi connectivity index (χ4n) is 2.53. The van der Waals surface area contributed by atoms with Gasteiger partial charge in [0.05, 0.1) is 13.2 Å². The van der Waals surface area contributed by atoms with Gasteiger partial charge in [-0.25, -0.2) is 0 Å². The van der Waals surface area contributed by atoms with Crippen molar-refractivity contribution < 1.29 is 9.90 Å². The lowest BCUT2D eigenvalue weighted by Gasteiger charge is -2.28. The van der Waals surface area contributed by atoms with Crippen molar-refractivity contribution in [2.75, 3.05) is 25.1 Å². The minimum atomic E-state index is -0.00268. The summed E-state index contributed by atoms with van der Waals surface area (Å²) in [5.41, 5.74) is 2.27. The SMILES string of the molecule is CC(CO)N(C)CC(=O)N1c2ccccc2CC1C. The lowest BCUT2D eigenvalue weighted by molar-refractivity contribution is -0.120. The van der Waals surface area contributed by atoms with E-state index in [0.29, 0.717) is 6.54 Å². The van der Waals surface area contributed by atoms with E-state index in [1.54, 1.807) is 0 Å². The monoisotopic (exact) mass is 262 g/mol. The molecule has 2 rings (SSSR count). The molecule has 2 unspecified atom stereocenters. The molecule has 1 N–H and O–H groups in total. The molecular formula is C15H22N2O2. The third-order valence-electron chi connectivity index (χ3n) is 3.88. The van der Waals surface area contributed by atoms with E-state index in [2.05, 4.69) is 13.0 Å². The normalized spacial score (nSPS) is 19.6. The molecule has 0 fully saturated rings. The van der Waals surface area contributed by atoms with Crippen LogP contribution >= 0.6 is 0 Å². The van der Waals surface area contributed by atoms with Gasteiger partial charge in [0.2, 0.25) is 5.91 Å². The maximum Gasteiger partial charge on any atom is 0.241 e. The molecule has 1 aromatic carbocycles. The first-order valence-electron chi connectivity index (χ1n) is 6.75. The Kier molecular flexibility index (Phi) is 4.22. The quantitative estimate of drug-likeness (QED) is 0.889. The van der Waals surface area contributed by atoms with Crippen LogP contribution < -0.4 is 4.90 Å². The predicted octanol–water partition coefficient (Wildman–Crippen LogP) is 1.28. The van der Waals surface area contributed by atoms with Gasteiger partial charge >= 0.3 is 0 Å². The molecule has 1 aromatic rings. The van der Waals surface area contributed by atoms with Crippen molar-refractivity contribution in [2.24, 2.45) is 0 Å². The minimum Gasteiger partial charge on any atom is -0.395 e. The summed E-state index contributed by atoms with van der Waals surface area (Å²) in [5, 5.41) is 9.13. The summed E-state index contributed by atoms with van der Waals surface area (Å²) >= 11 is 0. The maximum absolute atomic E-state index is 12.5. The molecule has 0 aromatic heterocycles. The van der Waals surface area contributed by atoms with E-state index in [1.807, 2.05) is 42.0 Å². The summed E-state index contributed by atoms with van der Waals surface area (Å²) < 4.78 is 0. The summed E-state index contributed by atoms with van der Waals surface area (Å²) in [4.78, 5) is 16.2. The molecule has 4 heteroatoms. The Balaban J connectivity index is 2.12. The molecule has 104 valence electrons. The minimum absolute atomic E-state index is 0.00268. The van der Waals surface area contributed by atoms with Gasteiger partial charge in [0, 0.05) is 17.8 Å². The lowest BCUT2D eigenvalue weighted by atomic mass is 10.1. The predicted molar refractivity (Wildman–Crippen MR) is 76.3 cm³/mol. The van der Waals surface area contributed by atoms with Gasteiger partial charge in [-0.3, -0.25) is 9.69 Å². The molecule has 4 nitrogen and oxygen atoms in total. The summed E-state index contributed by atoms with van der Waals surface area (Å²) in [6, 6.07) is 8.28. The Labute approximate surface area is 114 Å². The van der Waals surface area contributed by atoms with Gasteiger partial charge in [0.25, 0.3) is 0 Å². The van der Waals surface area contributed by atoms with Crippen LogP contribution in [0.5, 0.6) is 0 Å². The van der Waals surface area contributed by atoms with Gasteiger partial charge in [0.15, 0.2) is 0 Å². The van der Waals surface area contributed by atoms with Crippen molar-refractivity contribution in [3.63, 3.8) is 0 Å². The Morgan fingerprint density at radius 1 is 1.53 bits per heavy atom. The Hall–Kier alpha value is -1.39. The zero-order valence-electron chi connectivity index (χ0n) is 11.8. The number of rotatable bonds is 4. The molecule has 0 radical (unpaired) electrons. The van der Waals surface area contributed by atoms with E-state index in [0.717, 1.165) is 12.1 Å². The van der Waals surface area contributed by atoms with Gasteiger partial charge in [-0.05, 0) is 38.9 Å². The molecule has 19 heavy (non-hydrogen) atoms. The van der Waals surface area contributed by atoms with Crippen LogP contribution in [0, 0.1) is 0 Å². The summed E-state index contributed by atoms with van der Waals surface area (Å²) in [6.07, 6.45) is 0.918. The van der Waals surface area contributed by atoms with Gasteiger partial charge < -0.3 is 10.0 Å². The fourth-order valence-corrected chi connectivity index (χ4v) is 2.53. The van der Waals surface area contributed by atoms with Gasteiger partial charge in [-0.15, -0.1) is 0 Å². The van der Waals surface area contributed by atoms with E-state index in [-0.39, 0.29) is 24.6 Å². The average molecular weight is 262 g/mol. The molecule has 0 saturated heterocycles. The molecule has 1 aliphatic rings. The maximum atomic E-state index is 12.5. The van der Waals surface area contributed by atoms with E-state index >= 15 is 0 Å². The van der Waals surface area contributed by atoms with Crippen molar-refractivity contribution in [1.82, 2.24) is 4.90 Å². The zero-order valence-corrected chi connectivity index (χ0v) is 11.8. The van der Waals surface area contributed by atoms with Gasteiger partial charge in [-0.1, -0.05) is 18.2 Å². The smallest absolute Gasteiger partial charge is 0.241 e. The van der Waals surface area contributed by atoms with Crippen molar-refractivity contribution >= 4 is 11.6 Å². The largest absolute Gasteiger partial charge is 0.395 e. The molecule has 1 aliphatic heterocycles. The first-order valence-corrected chi connectivity index (χ1v) is 6.75. The first kappa shape index (κ1) is 14.0. The number of carbonyl (C=O) groups is 1. The summed E-state index contributed by atoms with van der Waals surface area (Å²) in [6.45, 7) is 4.39. The van der Waals surface area contributed by atoms with Crippen molar-refractivity contribution in [3.05, 3.63) is 29.8 Å². The van der Waals surface area contributed by atoms with Crippen LogP contribution in [-0.4, -0.2) is 48.2 Å². The number of likely N-dealkylation sites (N-methyl/N-ethyl adjacent to an activating group) is 1. The average Bonchev–Trinajstić information content (AvgIpc) is 2.73. The molecule has 2 atom stereocenters. The Morgan fingerprint density at radius 3 is 2.89 bits per heavy atom. The first-order chi connectivity index (χ1) is 9.04. The third-order valence-corrected chi connectivity index (χ3v) is 3.88. The van der Waals surface area contributed by atoms with E-state index in [4.69, 9.17) is 5.11 Å². The van der Waals surface area contributed by atoms with Crippen molar-refractivity contribution in [2.45, 2.75) is 32.4 Å². The molecule has 1 amide bonds. The highest BCUT2D eigenvalue weighted by Gasteiger charge is 2.31. The highest BCUT2D eigenvalue weighted by atomic mass is 16.3. The van der Waals surface area contributed by atoms with Crippen LogP contribution in [0.15, 0.2) is 24.3 Å². The standard InChI is InChI=1S/C15H22N2O2/c1-11-8-13-6-4-5-7-14(13)17(11)15(19)9-16(3)12(2)10-18/h4-7,11-12,18H,8-10H2,1-3H3. The Morgan fingerprint density at radius 2 is 2.21 bits per heavy atom. The van der Waals surface area contributed by atoms with E-state index < -0.39 is 0 Å². The van der Waals surface area contributed by atoms with E-state index in [1.165, 1.54) is 5.56 Å². The number of amides is 1. The second-order valence-electron chi connectivity index (χ2n) is 5.39. The number of aliphatic hydroxyl groups excluding tert-OH is 1. The van der Waals surface area contributed by atoms with E-state index in [9.17, 15) is 4.79 Å². The fraction of sp³-hybridized carbons (Fsp3) is 0.533. The topological polar surface area (TPSA) is 43.8 Å². The van der Waals surface area contributed by atoms with Crippen LogP contribution in [0.1, 0.15) is 19.4 Å². The number of benzene rings is 1. The zero-order chi connectivity index (χ0) is 14.0. The molecule has 1 heterocycles. The highest BCUT2D eigenvalue weighted by Crippen LogP contribution is 2.31. The molecule has 0 saturated carbocycles. The number of hydrogen-bond donors (Lipinski definition) is 1. The number of para-hydroxylation sites is 1. The van der Waals surface area contributed by atoms with Gasteiger partial charge in [-0.2, -0.15) is 0 Å². The lowest BCUT2D eigenvalue weighted by Crippen LogP contribution is -2.45. The summed E-state index contributed by atoms with van der Waals surface area (Å²) in [7, 11) is 1.87. The van der Waals surface area contributed by atoms with Crippen LogP contribution in [0.2, 0.25) is 0 Å².